The summed E-state index contributed by atoms with van der Waals surface area (Å²) in [5.74, 6) is 1.98. The highest BCUT2D eigenvalue weighted by Crippen LogP contribution is 2.17. The molecule has 0 atom stereocenters. The Labute approximate surface area is 69.2 Å². The summed E-state index contributed by atoms with van der Waals surface area (Å²) in [6, 6.07) is 0. The maximum Gasteiger partial charge on any atom is -0.00159 e. The van der Waals surface area contributed by atoms with Gasteiger partial charge in [0.1, 0.15) is 0 Å². The van der Waals surface area contributed by atoms with Crippen molar-refractivity contribution < 1.29 is 0 Å². The van der Waals surface area contributed by atoms with Gasteiger partial charge in [0, 0.05) is 0 Å². The van der Waals surface area contributed by atoms with Gasteiger partial charge in [-0.15, -0.1) is 0 Å². The van der Waals surface area contributed by atoms with Gasteiger partial charge >= 0.3 is 0 Å². The number of thiol groups is 1. The Morgan fingerprint density at radius 1 is 1.40 bits per heavy atom. The van der Waals surface area contributed by atoms with E-state index in [4.69, 9.17) is 0 Å². The lowest BCUT2D eigenvalue weighted by Crippen LogP contribution is -2.33. The molecular weight excluding hydrogens is 142 g/mol. The average Bonchev–Trinajstić information content (AvgIpc) is 2.05. The minimum absolute atomic E-state index is 0.895. The van der Waals surface area contributed by atoms with E-state index in [0.717, 1.165) is 11.7 Å². The molecule has 0 radical (unpaired) electrons. The first-order chi connectivity index (χ1) is 4.86. The minimum Gasteiger partial charge on any atom is -0.304 e. The predicted octanol–water partition coefficient (Wildman–Crippen LogP) is 1.65. The Balaban J connectivity index is 2.17. The maximum absolute atomic E-state index is 4.30. The van der Waals surface area contributed by atoms with Gasteiger partial charge in [0.15, 0.2) is 0 Å². The molecule has 0 saturated carbocycles. The Kier molecular flexibility index (Phi) is 3.57. The first kappa shape index (κ1) is 8.41. The van der Waals surface area contributed by atoms with Gasteiger partial charge < -0.3 is 4.90 Å². The van der Waals surface area contributed by atoms with Crippen LogP contribution in [0.5, 0.6) is 0 Å². The van der Waals surface area contributed by atoms with E-state index < -0.39 is 0 Å². The van der Waals surface area contributed by atoms with Crippen LogP contribution in [0.1, 0.15) is 19.8 Å². The molecule has 0 aromatic carbocycles. The quantitative estimate of drug-likeness (QED) is 0.600. The van der Waals surface area contributed by atoms with E-state index in [-0.39, 0.29) is 0 Å². The van der Waals surface area contributed by atoms with Gasteiger partial charge in [-0.05, 0) is 44.1 Å². The second kappa shape index (κ2) is 4.24. The fourth-order valence-electron chi connectivity index (χ4n) is 1.49. The lowest BCUT2D eigenvalue weighted by atomic mass is 9.99. The molecule has 0 N–H and O–H groups in total. The lowest BCUT2D eigenvalue weighted by molar-refractivity contribution is 0.203. The van der Waals surface area contributed by atoms with Crippen molar-refractivity contribution in [2.24, 2.45) is 5.92 Å². The highest BCUT2D eigenvalue weighted by molar-refractivity contribution is 7.80. The van der Waals surface area contributed by atoms with Crippen LogP contribution in [-0.2, 0) is 0 Å². The van der Waals surface area contributed by atoms with E-state index in [0.29, 0.717) is 0 Å². The molecule has 0 bridgehead atoms. The summed E-state index contributed by atoms with van der Waals surface area (Å²) in [4.78, 5) is 2.51. The molecule has 0 spiro atoms. The average molecular weight is 159 g/mol. The molecule has 0 aromatic rings. The van der Waals surface area contributed by atoms with Crippen molar-refractivity contribution >= 4 is 12.6 Å². The van der Waals surface area contributed by atoms with Gasteiger partial charge in [0.05, 0.1) is 0 Å². The van der Waals surface area contributed by atoms with Crippen molar-refractivity contribution in [2.75, 3.05) is 25.4 Å². The van der Waals surface area contributed by atoms with Crippen LogP contribution in [-0.4, -0.2) is 30.3 Å². The molecule has 1 fully saturated rings. The largest absolute Gasteiger partial charge is 0.304 e. The van der Waals surface area contributed by atoms with E-state index in [1.807, 2.05) is 0 Å². The predicted molar refractivity (Wildman–Crippen MR) is 48.7 cm³/mol. The van der Waals surface area contributed by atoms with E-state index >= 15 is 0 Å². The Hall–Kier alpha value is 0.310. The van der Waals surface area contributed by atoms with Gasteiger partial charge in [-0.3, -0.25) is 0 Å². The molecule has 0 aliphatic carbocycles. The molecule has 1 aliphatic rings. The molecule has 0 amide bonds. The summed E-state index contributed by atoms with van der Waals surface area (Å²) in [5.41, 5.74) is 0. The van der Waals surface area contributed by atoms with E-state index in [1.165, 1.54) is 32.5 Å². The zero-order valence-electron chi connectivity index (χ0n) is 6.71. The molecule has 1 nitrogen and oxygen atoms in total. The monoisotopic (exact) mass is 159 g/mol. The van der Waals surface area contributed by atoms with Gasteiger partial charge in [0.2, 0.25) is 0 Å². The van der Waals surface area contributed by atoms with Gasteiger partial charge in [0.25, 0.3) is 0 Å². The van der Waals surface area contributed by atoms with Crippen LogP contribution in [0.15, 0.2) is 0 Å². The normalized spacial score (nSPS) is 23.4. The number of nitrogens with zero attached hydrogens (tertiary/aromatic N) is 1. The van der Waals surface area contributed by atoms with Gasteiger partial charge in [-0.2, -0.15) is 12.6 Å². The lowest BCUT2D eigenvalue weighted by Gasteiger charge is -2.29. The number of hydrogen-bond acceptors (Lipinski definition) is 2. The Morgan fingerprint density at radius 2 is 2.00 bits per heavy atom. The van der Waals surface area contributed by atoms with E-state index in [2.05, 4.69) is 24.5 Å². The third-order valence-electron chi connectivity index (χ3n) is 2.41. The zero-order valence-corrected chi connectivity index (χ0v) is 7.61. The van der Waals surface area contributed by atoms with Crippen LogP contribution >= 0.6 is 12.6 Å². The first-order valence-corrected chi connectivity index (χ1v) is 4.83. The fourth-order valence-corrected chi connectivity index (χ4v) is 1.85. The SMILES string of the molecule is CCN1CCC(CS)CC1. The Morgan fingerprint density at radius 3 is 2.40 bits per heavy atom. The smallest absolute Gasteiger partial charge is 0.00159 e. The van der Waals surface area contributed by atoms with Crippen LogP contribution in [0.2, 0.25) is 0 Å². The molecule has 60 valence electrons. The van der Waals surface area contributed by atoms with Crippen molar-refractivity contribution in [1.82, 2.24) is 4.90 Å². The zero-order chi connectivity index (χ0) is 7.40. The highest BCUT2D eigenvalue weighted by Gasteiger charge is 2.15. The third-order valence-corrected chi connectivity index (χ3v) is 2.93. The molecule has 1 heterocycles. The van der Waals surface area contributed by atoms with Crippen molar-refractivity contribution in [3.63, 3.8) is 0 Å². The molecule has 2 heteroatoms. The highest BCUT2D eigenvalue weighted by atomic mass is 32.1. The molecular formula is C8H17NS. The third kappa shape index (κ3) is 2.17. The van der Waals surface area contributed by atoms with Crippen molar-refractivity contribution in [3.8, 4) is 0 Å². The van der Waals surface area contributed by atoms with Crippen LogP contribution in [0.4, 0.5) is 0 Å². The molecule has 10 heavy (non-hydrogen) atoms. The summed E-state index contributed by atoms with van der Waals surface area (Å²) in [7, 11) is 0. The molecule has 0 aromatic heterocycles. The minimum atomic E-state index is 0.895. The fraction of sp³-hybridized carbons (Fsp3) is 1.00. The summed E-state index contributed by atoms with van der Waals surface area (Å²) in [6.07, 6.45) is 2.72. The summed E-state index contributed by atoms with van der Waals surface area (Å²) in [5, 5.41) is 0. The van der Waals surface area contributed by atoms with Crippen molar-refractivity contribution in [1.29, 1.82) is 0 Å². The second-order valence-corrected chi connectivity index (χ2v) is 3.43. The van der Waals surface area contributed by atoms with E-state index in [9.17, 15) is 0 Å². The van der Waals surface area contributed by atoms with E-state index in [1.54, 1.807) is 0 Å². The van der Waals surface area contributed by atoms with Gasteiger partial charge in [-0.25, -0.2) is 0 Å². The summed E-state index contributed by atoms with van der Waals surface area (Å²) in [6.45, 7) is 6.05. The molecule has 1 aliphatic heterocycles. The first-order valence-electron chi connectivity index (χ1n) is 4.20. The van der Waals surface area contributed by atoms with Crippen molar-refractivity contribution in [2.45, 2.75) is 19.8 Å². The summed E-state index contributed by atoms with van der Waals surface area (Å²) < 4.78 is 0. The maximum atomic E-state index is 4.30. The van der Waals surface area contributed by atoms with Crippen LogP contribution < -0.4 is 0 Å². The van der Waals surface area contributed by atoms with Crippen LogP contribution in [0.3, 0.4) is 0 Å². The molecule has 1 rings (SSSR count). The van der Waals surface area contributed by atoms with Crippen LogP contribution in [0, 0.1) is 5.92 Å². The van der Waals surface area contributed by atoms with Gasteiger partial charge in [-0.1, -0.05) is 6.92 Å². The topological polar surface area (TPSA) is 3.24 Å². The summed E-state index contributed by atoms with van der Waals surface area (Å²) >= 11 is 4.30. The number of piperidine rings is 1. The molecule has 0 unspecified atom stereocenters. The van der Waals surface area contributed by atoms with Crippen molar-refractivity contribution in [3.05, 3.63) is 0 Å². The number of hydrogen-bond donors (Lipinski definition) is 1. The Bertz CT molecular complexity index is 75.3. The number of rotatable bonds is 2. The van der Waals surface area contributed by atoms with Crippen LogP contribution in [0.25, 0.3) is 0 Å². The molecule has 1 saturated heterocycles. The second-order valence-electron chi connectivity index (χ2n) is 3.06. The number of likely N-dealkylation sites (tertiary alicyclic amines) is 1. The standard InChI is InChI=1S/C8H17NS/c1-2-9-5-3-8(7-10)4-6-9/h8,10H,2-7H2,1H3.